The largest absolute Gasteiger partial charge is 0.466 e. The van der Waals surface area contributed by atoms with Crippen LogP contribution in [0.3, 0.4) is 0 Å². The number of rotatable bonds is 13. The van der Waals surface area contributed by atoms with Crippen molar-refractivity contribution >= 4 is 5.97 Å². The van der Waals surface area contributed by atoms with Gasteiger partial charge in [0.2, 0.25) is 0 Å². The second kappa shape index (κ2) is 10.3. The first-order valence-electron chi connectivity index (χ1n) is 9.16. The summed E-state index contributed by atoms with van der Waals surface area (Å²) in [6.45, 7) is 2.40. The summed E-state index contributed by atoms with van der Waals surface area (Å²) in [5.74, 6) is -58.0. The van der Waals surface area contributed by atoms with Crippen molar-refractivity contribution in [1.29, 1.82) is 0 Å². The molecule has 0 amide bonds. The van der Waals surface area contributed by atoms with Gasteiger partial charge in [0.25, 0.3) is 0 Å². The smallest absolute Gasteiger partial charge is 0.460 e. The van der Waals surface area contributed by atoms with E-state index in [2.05, 4.69) is 16.1 Å². The van der Waals surface area contributed by atoms with Crippen LogP contribution in [0.2, 0.25) is 0 Å². The fourth-order valence-corrected chi connectivity index (χ4v) is 2.41. The van der Waals surface area contributed by atoms with Crippen molar-refractivity contribution in [2.75, 3.05) is 13.7 Å². The van der Waals surface area contributed by atoms with Gasteiger partial charge in [0, 0.05) is 6.42 Å². The second-order valence-corrected chi connectivity index (χ2v) is 7.18. The number of carbonyl (C=O) groups is 1. The summed E-state index contributed by atoms with van der Waals surface area (Å²) in [4.78, 5) is 11.3. The molecule has 0 saturated heterocycles. The maximum atomic E-state index is 13.8. The van der Waals surface area contributed by atoms with Crippen LogP contribution < -0.4 is 0 Å². The zero-order valence-corrected chi connectivity index (χ0v) is 18.1. The molecule has 220 valence electrons. The average molecular weight is 590 g/mol. The highest BCUT2D eigenvalue weighted by atomic mass is 19.4. The Labute approximate surface area is 195 Å². The van der Waals surface area contributed by atoms with Crippen LogP contribution in [0.15, 0.2) is 12.2 Å². The molecule has 37 heavy (non-hydrogen) atoms. The number of hydrogen-bond acceptors (Lipinski definition) is 3. The first kappa shape index (κ1) is 35.0. The maximum absolute atomic E-state index is 13.8. The van der Waals surface area contributed by atoms with E-state index in [4.69, 9.17) is 0 Å². The van der Waals surface area contributed by atoms with Gasteiger partial charge in [-0.25, -0.2) is 4.79 Å². The molecule has 0 saturated carbocycles. The third-order valence-electron chi connectivity index (χ3n) is 4.73. The summed E-state index contributed by atoms with van der Waals surface area (Å²) in [5, 5.41) is 0. The number of halogens is 17. The molecule has 1 unspecified atom stereocenters. The predicted molar refractivity (Wildman–Crippen MR) is 86.5 cm³/mol. The average Bonchev–Trinajstić information content (AvgIpc) is 2.73. The Hall–Kier alpha value is -2.02. The SMILES string of the molecule is C=C(C(=O)OC)C(CC)OCCC(F)(F)C(F)(F)C(F)(F)C(F)(F)C(F)(F)C(F)(F)C(F)(F)C(F)(F)F. The third kappa shape index (κ3) is 5.43. The molecular formula is C17H15F17O3. The fourth-order valence-electron chi connectivity index (χ4n) is 2.41. The molecule has 0 aliphatic rings. The zero-order chi connectivity index (χ0) is 30.3. The van der Waals surface area contributed by atoms with E-state index in [9.17, 15) is 79.4 Å². The van der Waals surface area contributed by atoms with Gasteiger partial charge in [-0.3, -0.25) is 0 Å². The Morgan fingerprint density at radius 2 is 1.03 bits per heavy atom. The summed E-state index contributed by atoms with van der Waals surface area (Å²) in [6.07, 6.45) is -12.6. The van der Waals surface area contributed by atoms with Gasteiger partial charge in [-0.1, -0.05) is 13.5 Å². The molecule has 20 heteroatoms. The van der Waals surface area contributed by atoms with Crippen molar-refractivity contribution in [3.8, 4) is 0 Å². The highest BCUT2D eigenvalue weighted by Crippen LogP contribution is 2.64. The van der Waals surface area contributed by atoms with Crippen molar-refractivity contribution in [2.45, 2.75) is 73.5 Å². The van der Waals surface area contributed by atoms with Crippen molar-refractivity contribution in [1.82, 2.24) is 0 Å². The van der Waals surface area contributed by atoms with Crippen LogP contribution in [-0.2, 0) is 14.3 Å². The molecule has 0 aliphatic carbocycles. The fraction of sp³-hybridized carbons (Fsp3) is 0.824. The van der Waals surface area contributed by atoms with E-state index in [1.54, 1.807) is 0 Å². The number of methoxy groups -OCH3 is 1. The van der Waals surface area contributed by atoms with Gasteiger partial charge in [-0.15, -0.1) is 0 Å². The number of hydrogen-bond donors (Lipinski definition) is 0. The van der Waals surface area contributed by atoms with Crippen LogP contribution in [0.25, 0.3) is 0 Å². The van der Waals surface area contributed by atoms with Gasteiger partial charge in [0.1, 0.15) is 0 Å². The molecule has 0 N–H and O–H groups in total. The minimum Gasteiger partial charge on any atom is -0.466 e. The summed E-state index contributed by atoms with van der Waals surface area (Å²) in [7, 11) is 0.793. The van der Waals surface area contributed by atoms with Crippen molar-refractivity contribution in [3.63, 3.8) is 0 Å². The van der Waals surface area contributed by atoms with Crippen molar-refractivity contribution < 1.29 is 88.9 Å². The lowest BCUT2D eigenvalue weighted by Gasteiger charge is -2.42. The summed E-state index contributed by atoms with van der Waals surface area (Å²) in [5.41, 5.74) is -0.649. The summed E-state index contributed by atoms with van der Waals surface area (Å²) < 4.78 is 233. The minimum absolute atomic E-state index is 0.348. The molecule has 0 heterocycles. The Kier molecular flexibility index (Phi) is 9.71. The van der Waals surface area contributed by atoms with Gasteiger partial charge in [0.15, 0.2) is 0 Å². The van der Waals surface area contributed by atoms with E-state index in [0.717, 1.165) is 7.11 Å². The minimum atomic E-state index is -8.68. The van der Waals surface area contributed by atoms with Gasteiger partial charge in [0.05, 0.1) is 25.4 Å². The van der Waals surface area contributed by atoms with Crippen LogP contribution in [0.5, 0.6) is 0 Å². The number of carbonyl (C=O) groups excluding carboxylic acids is 1. The molecule has 0 aromatic heterocycles. The number of ether oxygens (including phenoxy) is 2. The molecule has 0 radical (unpaired) electrons. The van der Waals surface area contributed by atoms with Crippen molar-refractivity contribution in [3.05, 3.63) is 12.2 Å². The number of esters is 1. The van der Waals surface area contributed by atoms with Crippen LogP contribution in [-0.4, -0.2) is 73.4 Å². The Morgan fingerprint density at radius 3 is 1.35 bits per heavy atom. The molecule has 0 bridgehead atoms. The molecule has 1 atom stereocenters. The van der Waals surface area contributed by atoms with Crippen LogP contribution in [0.4, 0.5) is 74.6 Å². The molecule has 0 aliphatic heterocycles. The van der Waals surface area contributed by atoms with Crippen LogP contribution in [0, 0.1) is 0 Å². The van der Waals surface area contributed by atoms with Gasteiger partial charge in [-0.05, 0) is 6.42 Å². The molecule has 0 aromatic carbocycles. The molecule has 0 aromatic rings. The molecule has 3 nitrogen and oxygen atoms in total. The topological polar surface area (TPSA) is 35.5 Å². The molecular weight excluding hydrogens is 575 g/mol. The molecule has 0 spiro atoms. The lowest BCUT2D eigenvalue weighted by molar-refractivity contribution is -0.462. The van der Waals surface area contributed by atoms with E-state index >= 15 is 0 Å². The standard InChI is InChI=1S/C17H15F17O3/c1-4-8(7(2)9(35)36-3)37-6-5-10(18,19)11(20,21)12(22,23)13(24,25)14(26,27)15(28,29)16(30,31)17(32,33)34/h8H,2,4-6H2,1,3H3. The first-order valence-corrected chi connectivity index (χ1v) is 9.16. The third-order valence-corrected chi connectivity index (χ3v) is 4.73. The van der Waals surface area contributed by atoms with Crippen LogP contribution in [0.1, 0.15) is 19.8 Å². The van der Waals surface area contributed by atoms with Gasteiger partial charge in [-0.2, -0.15) is 74.6 Å². The summed E-state index contributed by atoms with van der Waals surface area (Å²) >= 11 is 0. The Balaban J connectivity index is 6.25. The Morgan fingerprint density at radius 1 is 0.676 bits per heavy atom. The lowest BCUT2D eigenvalue weighted by atomic mass is 9.88. The normalized spacial score (nSPS) is 16.0. The predicted octanol–water partition coefficient (Wildman–Crippen LogP) is 6.91. The van der Waals surface area contributed by atoms with E-state index < -0.39 is 78.3 Å². The van der Waals surface area contributed by atoms with E-state index in [1.807, 2.05) is 0 Å². The lowest BCUT2D eigenvalue weighted by Crippen LogP contribution is -2.74. The quantitative estimate of drug-likeness (QED) is 0.133. The molecule has 0 fully saturated rings. The summed E-state index contributed by atoms with van der Waals surface area (Å²) in [6, 6.07) is 0. The van der Waals surface area contributed by atoms with E-state index in [-0.39, 0.29) is 6.42 Å². The first-order chi connectivity index (χ1) is 16.1. The maximum Gasteiger partial charge on any atom is 0.460 e. The Bertz CT molecular complexity index is 831. The van der Waals surface area contributed by atoms with E-state index in [1.165, 1.54) is 6.92 Å². The highest BCUT2D eigenvalue weighted by molar-refractivity contribution is 5.88. The van der Waals surface area contributed by atoms with Gasteiger partial charge >= 0.3 is 53.6 Å². The second-order valence-electron chi connectivity index (χ2n) is 7.18. The molecule has 0 rings (SSSR count). The monoisotopic (exact) mass is 590 g/mol. The zero-order valence-electron chi connectivity index (χ0n) is 18.1. The highest BCUT2D eigenvalue weighted by Gasteiger charge is 2.95. The van der Waals surface area contributed by atoms with E-state index in [0.29, 0.717) is 0 Å². The number of alkyl halides is 17. The van der Waals surface area contributed by atoms with Gasteiger partial charge < -0.3 is 9.47 Å². The van der Waals surface area contributed by atoms with Crippen molar-refractivity contribution in [2.24, 2.45) is 0 Å². The van der Waals surface area contributed by atoms with Crippen LogP contribution >= 0.6 is 0 Å².